The SMILES string of the molecule is CC(C)(C)OC(=O)N1CC2(CC(NC3CCC3)C2)C1. The van der Waals surface area contributed by atoms with Gasteiger partial charge in [0.05, 0.1) is 0 Å². The second kappa shape index (κ2) is 4.37. The fraction of sp³-hybridized carbons (Fsp3) is 0.933. The molecule has 1 saturated heterocycles. The highest BCUT2D eigenvalue weighted by Gasteiger charge is 2.54. The van der Waals surface area contributed by atoms with Crippen molar-refractivity contribution >= 4 is 6.09 Å². The van der Waals surface area contributed by atoms with Crippen molar-refractivity contribution in [2.45, 2.75) is 70.6 Å². The van der Waals surface area contributed by atoms with Crippen LogP contribution in [-0.4, -0.2) is 41.8 Å². The van der Waals surface area contributed by atoms with Gasteiger partial charge in [0.15, 0.2) is 0 Å². The molecule has 1 N–H and O–H groups in total. The molecule has 4 nitrogen and oxygen atoms in total. The van der Waals surface area contributed by atoms with Crippen LogP contribution in [0.1, 0.15) is 52.9 Å². The molecule has 3 aliphatic rings. The second-order valence-electron chi connectivity index (χ2n) is 7.74. The Morgan fingerprint density at radius 3 is 2.32 bits per heavy atom. The van der Waals surface area contributed by atoms with Crippen molar-refractivity contribution in [1.82, 2.24) is 10.2 Å². The summed E-state index contributed by atoms with van der Waals surface area (Å²) in [6.45, 7) is 7.54. The van der Waals surface area contributed by atoms with Gasteiger partial charge in [0, 0.05) is 30.6 Å². The van der Waals surface area contributed by atoms with Gasteiger partial charge in [0.2, 0.25) is 0 Å². The molecule has 1 heterocycles. The Kier molecular flexibility index (Phi) is 3.04. The minimum atomic E-state index is -0.381. The molecule has 19 heavy (non-hydrogen) atoms. The topological polar surface area (TPSA) is 41.6 Å². The fourth-order valence-corrected chi connectivity index (χ4v) is 3.49. The zero-order chi connectivity index (χ0) is 13.7. The summed E-state index contributed by atoms with van der Waals surface area (Å²) < 4.78 is 5.39. The predicted octanol–water partition coefficient (Wildman–Crippen LogP) is 2.53. The van der Waals surface area contributed by atoms with E-state index in [1.807, 2.05) is 25.7 Å². The minimum absolute atomic E-state index is 0.145. The Morgan fingerprint density at radius 2 is 1.84 bits per heavy atom. The molecule has 1 amide bonds. The van der Waals surface area contributed by atoms with Crippen LogP contribution in [0.2, 0.25) is 0 Å². The first-order chi connectivity index (χ1) is 8.85. The molecule has 0 unspecified atom stereocenters. The van der Waals surface area contributed by atoms with E-state index in [-0.39, 0.29) is 11.7 Å². The summed E-state index contributed by atoms with van der Waals surface area (Å²) in [7, 11) is 0. The summed E-state index contributed by atoms with van der Waals surface area (Å²) in [5, 5.41) is 3.72. The molecule has 0 bridgehead atoms. The standard InChI is InChI=1S/C15H26N2O2/c1-14(2,3)19-13(18)17-9-15(10-17)7-12(8-15)16-11-5-4-6-11/h11-12,16H,4-10H2,1-3H3. The summed E-state index contributed by atoms with van der Waals surface area (Å²) in [4.78, 5) is 13.7. The molecule has 2 aliphatic carbocycles. The molecule has 0 atom stereocenters. The molecule has 3 fully saturated rings. The zero-order valence-corrected chi connectivity index (χ0v) is 12.4. The van der Waals surface area contributed by atoms with Crippen LogP contribution in [0.4, 0.5) is 4.79 Å². The molecule has 4 heteroatoms. The van der Waals surface area contributed by atoms with E-state index in [1.54, 1.807) is 0 Å². The molecule has 1 spiro atoms. The van der Waals surface area contributed by atoms with Crippen LogP contribution in [0.15, 0.2) is 0 Å². The number of carbonyl (C=O) groups excluding carboxylic acids is 1. The lowest BCUT2D eigenvalue weighted by Crippen LogP contribution is -2.68. The van der Waals surface area contributed by atoms with E-state index in [0.29, 0.717) is 11.5 Å². The molecule has 0 aromatic carbocycles. The van der Waals surface area contributed by atoms with Gasteiger partial charge in [-0.3, -0.25) is 0 Å². The van der Waals surface area contributed by atoms with Crippen LogP contribution in [-0.2, 0) is 4.74 Å². The van der Waals surface area contributed by atoms with E-state index in [2.05, 4.69) is 5.32 Å². The average molecular weight is 266 g/mol. The third kappa shape index (κ3) is 2.73. The van der Waals surface area contributed by atoms with Crippen molar-refractivity contribution in [3.8, 4) is 0 Å². The van der Waals surface area contributed by atoms with E-state index in [1.165, 1.54) is 32.1 Å². The van der Waals surface area contributed by atoms with Crippen molar-refractivity contribution in [3.05, 3.63) is 0 Å². The molecular formula is C15H26N2O2. The second-order valence-corrected chi connectivity index (χ2v) is 7.74. The molecule has 108 valence electrons. The van der Waals surface area contributed by atoms with E-state index in [4.69, 9.17) is 4.74 Å². The number of nitrogens with one attached hydrogen (secondary N) is 1. The van der Waals surface area contributed by atoms with Crippen LogP contribution in [0.5, 0.6) is 0 Å². The van der Waals surface area contributed by atoms with E-state index in [9.17, 15) is 4.79 Å². The number of amides is 1. The summed E-state index contributed by atoms with van der Waals surface area (Å²) >= 11 is 0. The van der Waals surface area contributed by atoms with Gasteiger partial charge in [-0.15, -0.1) is 0 Å². The number of hydrogen-bond donors (Lipinski definition) is 1. The molecule has 0 radical (unpaired) electrons. The average Bonchev–Trinajstić information content (AvgIpc) is 2.06. The van der Waals surface area contributed by atoms with Gasteiger partial charge in [-0.2, -0.15) is 0 Å². The van der Waals surface area contributed by atoms with Gasteiger partial charge in [0.1, 0.15) is 5.60 Å². The maximum Gasteiger partial charge on any atom is 0.410 e. The van der Waals surface area contributed by atoms with Gasteiger partial charge in [-0.05, 0) is 46.5 Å². The van der Waals surface area contributed by atoms with Gasteiger partial charge >= 0.3 is 6.09 Å². The van der Waals surface area contributed by atoms with E-state index >= 15 is 0 Å². The highest BCUT2D eigenvalue weighted by Crippen LogP contribution is 2.49. The van der Waals surface area contributed by atoms with Crippen LogP contribution < -0.4 is 5.32 Å². The van der Waals surface area contributed by atoms with Crippen molar-refractivity contribution in [2.75, 3.05) is 13.1 Å². The lowest BCUT2D eigenvalue weighted by atomic mass is 9.60. The Balaban J connectivity index is 1.38. The summed E-state index contributed by atoms with van der Waals surface area (Å²) in [6, 6.07) is 1.48. The summed E-state index contributed by atoms with van der Waals surface area (Å²) in [5.74, 6) is 0. The summed E-state index contributed by atoms with van der Waals surface area (Å²) in [5.41, 5.74) is 0.0338. The van der Waals surface area contributed by atoms with Crippen molar-refractivity contribution in [3.63, 3.8) is 0 Å². The van der Waals surface area contributed by atoms with Crippen LogP contribution in [0.3, 0.4) is 0 Å². The molecule has 1 aliphatic heterocycles. The Hall–Kier alpha value is -0.770. The normalized spacial score (nSPS) is 26.6. The first kappa shape index (κ1) is 13.2. The van der Waals surface area contributed by atoms with Crippen molar-refractivity contribution in [2.24, 2.45) is 5.41 Å². The number of rotatable bonds is 2. The number of carbonyl (C=O) groups is 1. The monoisotopic (exact) mass is 266 g/mol. The van der Waals surface area contributed by atoms with Gasteiger partial charge in [-0.1, -0.05) is 6.42 Å². The van der Waals surface area contributed by atoms with Gasteiger partial charge in [-0.25, -0.2) is 4.79 Å². The van der Waals surface area contributed by atoms with Crippen LogP contribution >= 0.6 is 0 Å². The van der Waals surface area contributed by atoms with Gasteiger partial charge < -0.3 is 15.0 Å². The zero-order valence-electron chi connectivity index (χ0n) is 12.4. The lowest BCUT2D eigenvalue weighted by molar-refractivity contribution is -0.0855. The first-order valence-electron chi connectivity index (χ1n) is 7.59. The van der Waals surface area contributed by atoms with E-state index in [0.717, 1.165) is 19.1 Å². The maximum absolute atomic E-state index is 11.9. The van der Waals surface area contributed by atoms with Crippen molar-refractivity contribution in [1.29, 1.82) is 0 Å². The minimum Gasteiger partial charge on any atom is -0.444 e. The van der Waals surface area contributed by atoms with Crippen LogP contribution in [0, 0.1) is 5.41 Å². The maximum atomic E-state index is 11.9. The number of ether oxygens (including phenoxy) is 1. The lowest BCUT2D eigenvalue weighted by Gasteiger charge is -2.59. The highest BCUT2D eigenvalue weighted by atomic mass is 16.6. The molecule has 0 aromatic heterocycles. The Bertz CT molecular complexity index is 357. The predicted molar refractivity (Wildman–Crippen MR) is 74.0 cm³/mol. The molecular weight excluding hydrogens is 240 g/mol. The molecule has 2 saturated carbocycles. The molecule has 3 rings (SSSR count). The summed E-state index contributed by atoms with van der Waals surface area (Å²) in [6.07, 6.45) is 6.43. The number of hydrogen-bond acceptors (Lipinski definition) is 3. The third-order valence-electron chi connectivity index (χ3n) is 4.64. The van der Waals surface area contributed by atoms with Crippen LogP contribution in [0.25, 0.3) is 0 Å². The van der Waals surface area contributed by atoms with E-state index < -0.39 is 0 Å². The van der Waals surface area contributed by atoms with Gasteiger partial charge in [0.25, 0.3) is 0 Å². The van der Waals surface area contributed by atoms with Crippen molar-refractivity contribution < 1.29 is 9.53 Å². The highest BCUT2D eigenvalue weighted by molar-refractivity contribution is 5.69. The Labute approximate surface area is 115 Å². The quantitative estimate of drug-likeness (QED) is 0.835. The largest absolute Gasteiger partial charge is 0.444 e. The number of nitrogens with zero attached hydrogens (tertiary/aromatic N) is 1. The first-order valence-corrected chi connectivity index (χ1v) is 7.59. The molecule has 0 aromatic rings. The smallest absolute Gasteiger partial charge is 0.410 e. The fourth-order valence-electron chi connectivity index (χ4n) is 3.49. The third-order valence-corrected chi connectivity index (χ3v) is 4.64. The Morgan fingerprint density at radius 1 is 1.21 bits per heavy atom. The number of likely N-dealkylation sites (tertiary alicyclic amines) is 1.